The molecular formula is C16H23N3O2. The highest BCUT2D eigenvalue weighted by molar-refractivity contribution is 5.16. The van der Waals surface area contributed by atoms with Crippen molar-refractivity contribution in [3.63, 3.8) is 0 Å². The summed E-state index contributed by atoms with van der Waals surface area (Å²) in [6.45, 7) is 0.239. The number of aliphatic hydroxyl groups excluding tert-OH is 1. The zero-order valence-electron chi connectivity index (χ0n) is 12.4. The Morgan fingerprint density at radius 3 is 3.00 bits per heavy atom. The van der Waals surface area contributed by atoms with Crippen LogP contribution in [0.5, 0.6) is 0 Å². The van der Waals surface area contributed by atoms with Crippen LogP contribution in [0.2, 0.25) is 0 Å². The fraction of sp³-hybridized carbons (Fsp3) is 0.562. The van der Waals surface area contributed by atoms with Crippen LogP contribution in [0.3, 0.4) is 0 Å². The van der Waals surface area contributed by atoms with Gasteiger partial charge in [0.25, 0.3) is 0 Å². The van der Waals surface area contributed by atoms with Gasteiger partial charge in [0.2, 0.25) is 0 Å². The predicted octanol–water partition coefficient (Wildman–Crippen LogP) is 2.24. The van der Waals surface area contributed by atoms with Crippen LogP contribution >= 0.6 is 0 Å². The molecule has 0 amide bonds. The Balaban J connectivity index is 1.84. The third-order valence-corrected chi connectivity index (χ3v) is 4.47. The van der Waals surface area contributed by atoms with Crippen LogP contribution in [-0.4, -0.2) is 27.3 Å². The maximum absolute atomic E-state index is 9.61. The Kier molecular flexibility index (Phi) is 4.41. The molecule has 1 saturated carbocycles. The molecule has 0 spiro atoms. The van der Waals surface area contributed by atoms with Crippen LogP contribution in [0.15, 0.2) is 35.2 Å². The number of hydrogen-bond acceptors (Lipinski definition) is 4. The van der Waals surface area contributed by atoms with Crippen LogP contribution in [0, 0.1) is 5.92 Å². The van der Waals surface area contributed by atoms with Crippen LogP contribution < -0.4 is 5.32 Å². The van der Waals surface area contributed by atoms with Crippen molar-refractivity contribution in [2.75, 3.05) is 6.61 Å². The van der Waals surface area contributed by atoms with Crippen molar-refractivity contribution < 1.29 is 9.52 Å². The molecule has 5 heteroatoms. The first kappa shape index (κ1) is 14.4. The first-order valence-corrected chi connectivity index (χ1v) is 7.67. The molecule has 0 aromatic carbocycles. The highest BCUT2D eigenvalue weighted by Crippen LogP contribution is 2.29. The molecule has 2 aromatic rings. The van der Waals surface area contributed by atoms with Gasteiger partial charge in [0.05, 0.1) is 6.26 Å². The third kappa shape index (κ3) is 3.04. The monoisotopic (exact) mass is 289 g/mol. The SMILES string of the molecule is Cn1ccnc1C(NC1CCCCC1CO)c1ccco1. The lowest BCUT2D eigenvalue weighted by atomic mass is 9.84. The first-order chi connectivity index (χ1) is 10.3. The third-order valence-electron chi connectivity index (χ3n) is 4.47. The Labute approximate surface area is 125 Å². The summed E-state index contributed by atoms with van der Waals surface area (Å²) in [4.78, 5) is 4.47. The zero-order valence-corrected chi connectivity index (χ0v) is 12.4. The van der Waals surface area contributed by atoms with Crippen molar-refractivity contribution in [1.82, 2.24) is 14.9 Å². The molecule has 0 bridgehead atoms. The number of furan rings is 1. The normalized spacial score (nSPS) is 24.1. The van der Waals surface area contributed by atoms with Gasteiger partial charge >= 0.3 is 0 Å². The second kappa shape index (κ2) is 6.45. The molecule has 21 heavy (non-hydrogen) atoms. The predicted molar refractivity (Wildman–Crippen MR) is 79.7 cm³/mol. The van der Waals surface area contributed by atoms with Gasteiger partial charge in [0.15, 0.2) is 0 Å². The molecule has 3 unspecified atom stereocenters. The van der Waals surface area contributed by atoms with E-state index < -0.39 is 0 Å². The molecule has 0 aliphatic heterocycles. The number of hydrogen-bond donors (Lipinski definition) is 2. The van der Waals surface area contributed by atoms with Gasteiger partial charge < -0.3 is 14.1 Å². The van der Waals surface area contributed by atoms with E-state index in [9.17, 15) is 5.11 Å². The summed E-state index contributed by atoms with van der Waals surface area (Å²) in [6, 6.07) is 4.10. The second-order valence-electron chi connectivity index (χ2n) is 5.85. The summed E-state index contributed by atoms with van der Waals surface area (Å²) in [5.41, 5.74) is 0. The van der Waals surface area contributed by atoms with E-state index in [-0.39, 0.29) is 12.6 Å². The lowest BCUT2D eigenvalue weighted by Crippen LogP contribution is -2.43. The van der Waals surface area contributed by atoms with E-state index in [1.165, 1.54) is 12.8 Å². The highest BCUT2D eigenvalue weighted by Gasteiger charge is 2.30. The molecule has 0 saturated heterocycles. The Morgan fingerprint density at radius 1 is 1.48 bits per heavy atom. The fourth-order valence-corrected chi connectivity index (χ4v) is 3.25. The largest absolute Gasteiger partial charge is 0.467 e. The van der Waals surface area contributed by atoms with Gasteiger partial charge in [-0.05, 0) is 30.9 Å². The minimum atomic E-state index is -0.0721. The minimum Gasteiger partial charge on any atom is -0.467 e. The average Bonchev–Trinajstić information content (AvgIpc) is 3.17. The van der Waals surface area contributed by atoms with E-state index in [0.29, 0.717) is 12.0 Å². The first-order valence-electron chi connectivity index (χ1n) is 7.67. The van der Waals surface area contributed by atoms with Gasteiger partial charge in [0, 0.05) is 32.1 Å². The number of aryl methyl sites for hydroxylation is 1. The molecule has 3 rings (SSSR count). The van der Waals surface area contributed by atoms with E-state index in [0.717, 1.165) is 24.4 Å². The molecule has 1 fully saturated rings. The topological polar surface area (TPSA) is 63.2 Å². The molecule has 1 aliphatic carbocycles. The highest BCUT2D eigenvalue weighted by atomic mass is 16.3. The number of nitrogens with zero attached hydrogens (tertiary/aromatic N) is 2. The van der Waals surface area contributed by atoms with Crippen molar-refractivity contribution in [3.8, 4) is 0 Å². The summed E-state index contributed by atoms with van der Waals surface area (Å²) in [6.07, 6.45) is 10.0. The van der Waals surface area contributed by atoms with E-state index in [2.05, 4.69) is 10.3 Å². The smallest absolute Gasteiger partial charge is 0.133 e. The number of aliphatic hydroxyl groups is 1. The van der Waals surface area contributed by atoms with Gasteiger partial charge in [-0.3, -0.25) is 5.32 Å². The van der Waals surface area contributed by atoms with Gasteiger partial charge in [0.1, 0.15) is 17.6 Å². The number of aromatic nitrogens is 2. The number of nitrogens with one attached hydrogen (secondary N) is 1. The summed E-state index contributed by atoms with van der Waals surface area (Å²) in [5, 5.41) is 13.3. The van der Waals surface area contributed by atoms with Crippen LogP contribution in [0.4, 0.5) is 0 Å². The lowest BCUT2D eigenvalue weighted by molar-refractivity contribution is 0.145. The molecule has 2 aromatic heterocycles. The van der Waals surface area contributed by atoms with E-state index in [4.69, 9.17) is 4.42 Å². The van der Waals surface area contributed by atoms with Gasteiger partial charge in [-0.2, -0.15) is 0 Å². The summed E-state index contributed by atoms with van der Waals surface area (Å²) >= 11 is 0. The summed E-state index contributed by atoms with van der Waals surface area (Å²) < 4.78 is 7.62. The maximum atomic E-state index is 9.61. The standard InChI is InChI=1S/C16H23N3O2/c1-19-9-8-17-16(19)15(14-7-4-10-21-14)18-13-6-3-2-5-12(13)11-20/h4,7-10,12-13,15,18,20H,2-3,5-6,11H2,1H3. The van der Waals surface area contributed by atoms with Crippen molar-refractivity contribution in [3.05, 3.63) is 42.4 Å². The molecule has 2 heterocycles. The van der Waals surface area contributed by atoms with E-state index >= 15 is 0 Å². The molecule has 1 aliphatic rings. The maximum Gasteiger partial charge on any atom is 0.133 e. The van der Waals surface area contributed by atoms with Gasteiger partial charge in [-0.25, -0.2) is 4.98 Å². The van der Waals surface area contributed by atoms with E-state index in [1.807, 2.05) is 29.9 Å². The lowest BCUT2D eigenvalue weighted by Gasteiger charge is -2.33. The summed E-state index contributed by atoms with van der Waals surface area (Å²) in [5.74, 6) is 2.12. The Bertz CT molecular complexity index is 550. The molecule has 2 N–H and O–H groups in total. The fourth-order valence-electron chi connectivity index (χ4n) is 3.25. The van der Waals surface area contributed by atoms with Crippen LogP contribution in [-0.2, 0) is 7.05 Å². The van der Waals surface area contributed by atoms with Crippen molar-refractivity contribution in [2.24, 2.45) is 13.0 Å². The minimum absolute atomic E-state index is 0.0721. The Hall–Kier alpha value is -1.59. The average molecular weight is 289 g/mol. The second-order valence-corrected chi connectivity index (χ2v) is 5.85. The van der Waals surface area contributed by atoms with Gasteiger partial charge in [-0.1, -0.05) is 12.8 Å². The van der Waals surface area contributed by atoms with Gasteiger partial charge in [-0.15, -0.1) is 0 Å². The molecular weight excluding hydrogens is 266 g/mol. The molecule has 0 radical (unpaired) electrons. The molecule has 3 atom stereocenters. The molecule has 114 valence electrons. The van der Waals surface area contributed by atoms with E-state index in [1.54, 1.807) is 12.5 Å². The van der Waals surface area contributed by atoms with Crippen molar-refractivity contribution in [2.45, 2.75) is 37.8 Å². The molecule has 5 nitrogen and oxygen atoms in total. The Morgan fingerprint density at radius 2 is 2.33 bits per heavy atom. The zero-order chi connectivity index (χ0) is 14.7. The van der Waals surface area contributed by atoms with Crippen LogP contribution in [0.25, 0.3) is 0 Å². The van der Waals surface area contributed by atoms with Crippen LogP contribution in [0.1, 0.15) is 43.3 Å². The number of imidazole rings is 1. The summed E-state index contributed by atoms with van der Waals surface area (Å²) in [7, 11) is 1.99. The number of rotatable bonds is 5. The van der Waals surface area contributed by atoms with Crippen molar-refractivity contribution in [1.29, 1.82) is 0 Å². The van der Waals surface area contributed by atoms with Crippen molar-refractivity contribution >= 4 is 0 Å². The quantitative estimate of drug-likeness (QED) is 0.886.